The maximum Gasteiger partial charge on any atom is 0.270 e. The Labute approximate surface area is 122 Å². The lowest BCUT2D eigenvalue weighted by Crippen LogP contribution is -2.33. The van der Waals surface area contributed by atoms with E-state index < -0.39 is 6.10 Å². The van der Waals surface area contributed by atoms with Crippen LogP contribution in [-0.4, -0.2) is 28.6 Å². The predicted octanol–water partition coefficient (Wildman–Crippen LogP) is 2.07. The number of aliphatic hydroxyl groups is 1. The molecule has 1 aromatic carbocycles. The van der Waals surface area contributed by atoms with E-state index in [0.717, 1.165) is 5.56 Å². The number of pyridine rings is 1. The van der Waals surface area contributed by atoms with E-state index in [9.17, 15) is 9.90 Å². The Morgan fingerprint density at radius 3 is 2.65 bits per heavy atom. The molecule has 0 fully saturated rings. The number of nitrogens with one attached hydrogen (secondary N) is 1. The number of benzene rings is 1. The molecule has 1 heterocycles. The number of hydrogen-bond acceptors (Lipinski definition) is 3. The molecule has 0 spiro atoms. The van der Waals surface area contributed by atoms with Gasteiger partial charge in [0.05, 0.1) is 6.10 Å². The Hall–Kier alpha value is -1.91. The molecule has 5 heteroatoms. The second kappa shape index (κ2) is 7.03. The molecule has 104 valence electrons. The highest BCUT2D eigenvalue weighted by Crippen LogP contribution is 2.05. The number of aliphatic hydroxyl groups excluding tert-OH is 1. The smallest absolute Gasteiger partial charge is 0.270 e. The second-order valence-electron chi connectivity index (χ2n) is 4.40. The number of nitrogens with zero attached hydrogens (tertiary/aromatic N) is 1. The second-order valence-corrected chi connectivity index (χ2v) is 4.79. The number of halogens is 1. The summed E-state index contributed by atoms with van der Waals surface area (Å²) in [7, 11) is 0. The maximum atomic E-state index is 11.8. The number of amides is 1. The highest BCUT2D eigenvalue weighted by Gasteiger charge is 2.10. The van der Waals surface area contributed by atoms with Gasteiger partial charge in [-0.05, 0) is 17.7 Å². The fraction of sp³-hybridized carbons (Fsp3) is 0.200. The molecule has 2 rings (SSSR count). The predicted molar refractivity (Wildman–Crippen MR) is 77.7 cm³/mol. The summed E-state index contributed by atoms with van der Waals surface area (Å²) < 4.78 is 0. The van der Waals surface area contributed by atoms with Gasteiger partial charge in [0.15, 0.2) is 0 Å². The lowest BCUT2D eigenvalue weighted by molar-refractivity contribution is 0.0911. The minimum atomic E-state index is -0.638. The van der Waals surface area contributed by atoms with Crippen molar-refractivity contribution in [3.63, 3.8) is 0 Å². The Morgan fingerprint density at radius 2 is 1.95 bits per heavy atom. The van der Waals surface area contributed by atoms with Crippen LogP contribution in [0.3, 0.4) is 0 Å². The van der Waals surface area contributed by atoms with Crippen molar-refractivity contribution in [3.8, 4) is 0 Å². The minimum absolute atomic E-state index is 0.169. The molecule has 2 N–H and O–H groups in total. The molecule has 1 aromatic heterocycles. The maximum absolute atomic E-state index is 11.8. The molecule has 0 saturated heterocycles. The van der Waals surface area contributed by atoms with Crippen molar-refractivity contribution in [2.45, 2.75) is 12.5 Å². The Balaban J connectivity index is 1.84. The van der Waals surface area contributed by atoms with Gasteiger partial charge in [-0.2, -0.15) is 0 Å². The highest BCUT2D eigenvalue weighted by molar-refractivity contribution is 6.29. The van der Waals surface area contributed by atoms with Crippen LogP contribution in [0, 0.1) is 0 Å². The molecule has 1 unspecified atom stereocenters. The lowest BCUT2D eigenvalue weighted by atomic mass is 10.1. The molecule has 0 bridgehead atoms. The van der Waals surface area contributed by atoms with E-state index in [0.29, 0.717) is 6.42 Å². The number of hydrogen-bond donors (Lipinski definition) is 2. The zero-order chi connectivity index (χ0) is 14.4. The monoisotopic (exact) mass is 290 g/mol. The highest BCUT2D eigenvalue weighted by atomic mass is 35.5. The van der Waals surface area contributed by atoms with Crippen molar-refractivity contribution in [1.82, 2.24) is 10.3 Å². The Bertz CT molecular complexity index is 575. The van der Waals surface area contributed by atoms with E-state index in [-0.39, 0.29) is 23.3 Å². The summed E-state index contributed by atoms with van der Waals surface area (Å²) in [5.41, 5.74) is 1.26. The quantitative estimate of drug-likeness (QED) is 0.829. The van der Waals surface area contributed by atoms with Gasteiger partial charge in [-0.3, -0.25) is 4.79 Å². The first-order valence-electron chi connectivity index (χ1n) is 6.28. The molecule has 1 atom stereocenters. The molecule has 20 heavy (non-hydrogen) atoms. The summed E-state index contributed by atoms with van der Waals surface area (Å²) in [6.07, 6.45) is -0.148. The summed E-state index contributed by atoms with van der Waals surface area (Å²) in [6, 6.07) is 14.4. The zero-order valence-corrected chi connectivity index (χ0v) is 11.5. The third-order valence-electron chi connectivity index (χ3n) is 2.76. The molecule has 0 aliphatic carbocycles. The first-order chi connectivity index (χ1) is 9.65. The van der Waals surface area contributed by atoms with E-state index in [1.807, 2.05) is 30.3 Å². The third-order valence-corrected chi connectivity index (χ3v) is 2.97. The first-order valence-corrected chi connectivity index (χ1v) is 6.65. The first kappa shape index (κ1) is 14.5. The van der Waals surface area contributed by atoms with Crippen LogP contribution in [0.5, 0.6) is 0 Å². The summed E-state index contributed by atoms with van der Waals surface area (Å²) in [5.74, 6) is -0.348. The minimum Gasteiger partial charge on any atom is -0.391 e. The SMILES string of the molecule is O=C(NCC(O)Cc1ccccc1)c1cccc(Cl)n1. The molecule has 0 aliphatic rings. The van der Waals surface area contributed by atoms with Crippen LogP contribution in [0.2, 0.25) is 5.15 Å². The molecule has 2 aromatic rings. The Kier molecular flexibility index (Phi) is 5.09. The van der Waals surface area contributed by atoms with Crippen LogP contribution < -0.4 is 5.32 Å². The van der Waals surface area contributed by atoms with Gasteiger partial charge in [0.2, 0.25) is 0 Å². The van der Waals surface area contributed by atoms with Gasteiger partial charge in [0.25, 0.3) is 5.91 Å². The standard InChI is InChI=1S/C15H15ClN2O2/c16-14-8-4-7-13(18-14)15(20)17-10-12(19)9-11-5-2-1-3-6-11/h1-8,12,19H,9-10H2,(H,17,20). The van der Waals surface area contributed by atoms with Crippen molar-refractivity contribution < 1.29 is 9.90 Å². The largest absolute Gasteiger partial charge is 0.391 e. The number of carbonyl (C=O) groups excluding carboxylic acids is 1. The summed E-state index contributed by atoms with van der Waals surface area (Å²) in [6.45, 7) is 0.169. The van der Waals surface area contributed by atoms with Gasteiger partial charge in [-0.25, -0.2) is 4.98 Å². The van der Waals surface area contributed by atoms with Crippen LogP contribution in [0.1, 0.15) is 16.1 Å². The van der Waals surface area contributed by atoms with E-state index in [2.05, 4.69) is 10.3 Å². The Morgan fingerprint density at radius 1 is 1.20 bits per heavy atom. The normalized spacial score (nSPS) is 11.9. The number of rotatable bonds is 5. The average molecular weight is 291 g/mol. The van der Waals surface area contributed by atoms with Gasteiger partial charge in [0.1, 0.15) is 10.8 Å². The van der Waals surface area contributed by atoms with Gasteiger partial charge in [0, 0.05) is 13.0 Å². The molecular weight excluding hydrogens is 276 g/mol. The van der Waals surface area contributed by atoms with Crippen molar-refractivity contribution in [1.29, 1.82) is 0 Å². The fourth-order valence-corrected chi connectivity index (χ4v) is 1.96. The van der Waals surface area contributed by atoms with Crippen molar-refractivity contribution in [2.24, 2.45) is 0 Å². The van der Waals surface area contributed by atoms with Crippen LogP contribution in [0.25, 0.3) is 0 Å². The van der Waals surface area contributed by atoms with E-state index in [1.54, 1.807) is 18.2 Å². The van der Waals surface area contributed by atoms with Crippen molar-refractivity contribution in [3.05, 3.63) is 64.9 Å². The molecular formula is C15H15ClN2O2. The van der Waals surface area contributed by atoms with Crippen molar-refractivity contribution in [2.75, 3.05) is 6.54 Å². The topological polar surface area (TPSA) is 62.2 Å². The molecule has 1 amide bonds. The molecule has 0 radical (unpaired) electrons. The van der Waals surface area contributed by atoms with Crippen molar-refractivity contribution >= 4 is 17.5 Å². The molecule has 0 saturated carbocycles. The summed E-state index contributed by atoms with van der Waals surface area (Å²) in [5, 5.41) is 12.8. The average Bonchev–Trinajstić information content (AvgIpc) is 2.46. The van der Waals surface area contributed by atoms with E-state index in [1.165, 1.54) is 0 Å². The summed E-state index contributed by atoms with van der Waals surface area (Å²) in [4.78, 5) is 15.7. The van der Waals surface area contributed by atoms with Gasteiger partial charge in [-0.15, -0.1) is 0 Å². The number of carbonyl (C=O) groups is 1. The molecule has 0 aliphatic heterocycles. The van der Waals surface area contributed by atoms with Gasteiger partial charge >= 0.3 is 0 Å². The van der Waals surface area contributed by atoms with Gasteiger partial charge < -0.3 is 10.4 Å². The zero-order valence-electron chi connectivity index (χ0n) is 10.8. The van der Waals surface area contributed by atoms with E-state index in [4.69, 9.17) is 11.6 Å². The third kappa shape index (κ3) is 4.33. The van der Waals surface area contributed by atoms with Crippen LogP contribution in [-0.2, 0) is 6.42 Å². The van der Waals surface area contributed by atoms with E-state index >= 15 is 0 Å². The van der Waals surface area contributed by atoms with Crippen LogP contribution in [0.4, 0.5) is 0 Å². The lowest BCUT2D eigenvalue weighted by Gasteiger charge is -2.11. The van der Waals surface area contributed by atoms with Crippen LogP contribution in [0.15, 0.2) is 48.5 Å². The molecule has 4 nitrogen and oxygen atoms in total. The fourth-order valence-electron chi connectivity index (χ4n) is 1.79. The van der Waals surface area contributed by atoms with Crippen LogP contribution >= 0.6 is 11.6 Å². The summed E-state index contributed by atoms with van der Waals surface area (Å²) >= 11 is 5.72. The number of aromatic nitrogens is 1. The van der Waals surface area contributed by atoms with Gasteiger partial charge in [-0.1, -0.05) is 48.0 Å².